The number of alkyl halides is 3. The number of rotatable bonds is 7. The van der Waals surface area contributed by atoms with Gasteiger partial charge in [0.25, 0.3) is 5.91 Å². The molecule has 1 unspecified atom stereocenters. The largest absolute Gasteiger partial charge is 0.418 e. The summed E-state index contributed by atoms with van der Waals surface area (Å²) < 4.78 is 53.5. The summed E-state index contributed by atoms with van der Waals surface area (Å²) >= 11 is 1.15. The van der Waals surface area contributed by atoms with Crippen molar-refractivity contribution >= 4 is 35.0 Å². The number of carbonyl (C=O) groups is 2. The van der Waals surface area contributed by atoms with Crippen molar-refractivity contribution in [2.45, 2.75) is 29.7 Å². The number of benzene rings is 3. The molecule has 0 bridgehead atoms. The molecule has 0 fully saturated rings. The SMILES string of the molecule is CCC(Sc1cccc(NC(=O)c2ccccc2F)c1)C(=O)Nc1ccccc1C(F)(F)F. The zero-order chi connectivity index (χ0) is 24.0. The Morgan fingerprint density at radius 3 is 2.33 bits per heavy atom. The second kappa shape index (κ2) is 10.5. The number of amides is 2. The van der Waals surface area contributed by atoms with Crippen LogP contribution in [0.15, 0.2) is 77.7 Å². The summed E-state index contributed by atoms with van der Waals surface area (Å²) in [5, 5.41) is 4.30. The molecule has 4 nitrogen and oxygen atoms in total. The molecule has 9 heteroatoms. The first-order valence-corrected chi connectivity index (χ1v) is 10.9. The molecular weight excluding hydrogens is 456 g/mol. The lowest BCUT2D eigenvalue weighted by Crippen LogP contribution is -2.26. The third kappa shape index (κ3) is 6.35. The average Bonchev–Trinajstić information content (AvgIpc) is 2.77. The summed E-state index contributed by atoms with van der Waals surface area (Å²) in [4.78, 5) is 25.7. The first-order valence-electron chi connectivity index (χ1n) is 9.98. The van der Waals surface area contributed by atoms with E-state index in [-0.39, 0.29) is 11.3 Å². The molecule has 0 saturated carbocycles. The van der Waals surface area contributed by atoms with E-state index in [1.165, 1.54) is 36.4 Å². The fourth-order valence-corrected chi connectivity index (χ4v) is 4.04. The van der Waals surface area contributed by atoms with E-state index in [0.717, 1.165) is 17.8 Å². The van der Waals surface area contributed by atoms with Crippen LogP contribution in [0.25, 0.3) is 0 Å². The Labute approximate surface area is 192 Å². The van der Waals surface area contributed by atoms with Crippen LogP contribution in [-0.2, 0) is 11.0 Å². The fourth-order valence-electron chi connectivity index (χ4n) is 3.03. The van der Waals surface area contributed by atoms with Crippen molar-refractivity contribution in [1.82, 2.24) is 0 Å². The van der Waals surface area contributed by atoms with Crippen molar-refractivity contribution in [1.29, 1.82) is 0 Å². The molecule has 0 radical (unpaired) electrons. The lowest BCUT2D eigenvalue weighted by atomic mass is 10.1. The highest BCUT2D eigenvalue weighted by Crippen LogP contribution is 2.35. The second-order valence-corrected chi connectivity index (χ2v) is 8.29. The zero-order valence-corrected chi connectivity index (χ0v) is 18.3. The Morgan fingerprint density at radius 2 is 1.64 bits per heavy atom. The molecule has 3 aromatic rings. The summed E-state index contributed by atoms with van der Waals surface area (Å²) in [7, 11) is 0. The topological polar surface area (TPSA) is 58.2 Å². The van der Waals surface area contributed by atoms with Gasteiger partial charge in [-0.1, -0.05) is 37.3 Å². The van der Waals surface area contributed by atoms with E-state index in [1.807, 2.05) is 0 Å². The third-order valence-electron chi connectivity index (χ3n) is 4.64. The smallest absolute Gasteiger partial charge is 0.325 e. The minimum Gasteiger partial charge on any atom is -0.325 e. The van der Waals surface area contributed by atoms with Gasteiger partial charge in [0.1, 0.15) is 5.82 Å². The van der Waals surface area contributed by atoms with Crippen LogP contribution in [0.1, 0.15) is 29.3 Å². The van der Waals surface area contributed by atoms with Gasteiger partial charge in [0, 0.05) is 10.6 Å². The van der Waals surface area contributed by atoms with Crippen molar-refractivity contribution in [3.63, 3.8) is 0 Å². The highest BCUT2D eigenvalue weighted by atomic mass is 32.2. The van der Waals surface area contributed by atoms with Crippen LogP contribution < -0.4 is 10.6 Å². The van der Waals surface area contributed by atoms with Crippen LogP contribution >= 0.6 is 11.8 Å². The molecule has 1 atom stereocenters. The van der Waals surface area contributed by atoms with Crippen LogP contribution in [0.5, 0.6) is 0 Å². The molecule has 3 rings (SSSR count). The van der Waals surface area contributed by atoms with E-state index in [1.54, 1.807) is 37.3 Å². The van der Waals surface area contributed by atoms with Crippen molar-refractivity contribution in [2.24, 2.45) is 0 Å². The molecule has 0 aliphatic carbocycles. The number of hydrogen-bond acceptors (Lipinski definition) is 3. The molecule has 0 saturated heterocycles. The Kier molecular flexibility index (Phi) is 7.75. The molecule has 33 heavy (non-hydrogen) atoms. The fraction of sp³-hybridized carbons (Fsp3) is 0.167. The maximum atomic E-state index is 13.8. The predicted octanol–water partition coefficient (Wildman–Crippen LogP) is 6.61. The van der Waals surface area contributed by atoms with Crippen LogP contribution in [-0.4, -0.2) is 17.1 Å². The first-order chi connectivity index (χ1) is 15.7. The highest BCUT2D eigenvalue weighted by molar-refractivity contribution is 8.00. The summed E-state index contributed by atoms with van der Waals surface area (Å²) in [6, 6.07) is 17.0. The third-order valence-corrected chi connectivity index (χ3v) is 6.00. The number of para-hydroxylation sites is 1. The highest BCUT2D eigenvalue weighted by Gasteiger charge is 2.34. The van der Waals surface area contributed by atoms with Crippen LogP contribution in [0.2, 0.25) is 0 Å². The lowest BCUT2D eigenvalue weighted by molar-refractivity contribution is -0.137. The van der Waals surface area contributed by atoms with E-state index in [0.29, 0.717) is 17.0 Å². The quantitative estimate of drug-likeness (QED) is 0.298. The van der Waals surface area contributed by atoms with Crippen molar-refractivity contribution in [3.05, 3.63) is 89.7 Å². The standard InChI is InChI=1S/C24H20F4N2O2S/c1-2-21(23(32)30-20-13-6-4-11-18(20)24(26,27)28)33-16-9-7-8-15(14-16)29-22(31)17-10-3-5-12-19(17)25/h3-14,21H,2H2,1H3,(H,29,31)(H,30,32). The van der Waals surface area contributed by atoms with Crippen molar-refractivity contribution in [3.8, 4) is 0 Å². The van der Waals surface area contributed by atoms with Crippen molar-refractivity contribution in [2.75, 3.05) is 10.6 Å². The Balaban J connectivity index is 1.71. The number of thioether (sulfide) groups is 1. The summed E-state index contributed by atoms with van der Waals surface area (Å²) in [5.41, 5.74) is -0.938. The number of carbonyl (C=O) groups excluding carboxylic acids is 2. The second-order valence-electron chi connectivity index (χ2n) is 7.01. The van der Waals surface area contributed by atoms with Gasteiger partial charge in [-0.2, -0.15) is 13.2 Å². The van der Waals surface area contributed by atoms with E-state index >= 15 is 0 Å². The average molecular weight is 476 g/mol. The molecular formula is C24H20F4N2O2S. The van der Waals surface area contributed by atoms with E-state index in [2.05, 4.69) is 10.6 Å². The van der Waals surface area contributed by atoms with Gasteiger partial charge < -0.3 is 10.6 Å². The molecule has 2 amide bonds. The first kappa shape index (κ1) is 24.3. The number of nitrogens with one attached hydrogen (secondary N) is 2. The van der Waals surface area contributed by atoms with E-state index < -0.39 is 34.6 Å². The normalized spacial score (nSPS) is 12.2. The summed E-state index contributed by atoms with van der Waals surface area (Å²) in [6.45, 7) is 1.75. The van der Waals surface area contributed by atoms with Gasteiger partial charge in [-0.15, -0.1) is 11.8 Å². The number of halogens is 4. The minimum absolute atomic E-state index is 0.107. The maximum absolute atomic E-state index is 13.8. The van der Waals surface area contributed by atoms with Gasteiger partial charge in [0.15, 0.2) is 0 Å². The van der Waals surface area contributed by atoms with Gasteiger partial charge in [-0.3, -0.25) is 9.59 Å². The molecule has 0 aliphatic rings. The molecule has 3 aromatic carbocycles. The minimum atomic E-state index is -4.59. The van der Waals surface area contributed by atoms with Crippen molar-refractivity contribution < 1.29 is 27.2 Å². The van der Waals surface area contributed by atoms with Gasteiger partial charge in [-0.25, -0.2) is 4.39 Å². The van der Waals surface area contributed by atoms with E-state index in [9.17, 15) is 27.2 Å². The molecule has 0 spiro atoms. The monoisotopic (exact) mass is 476 g/mol. The Bertz CT molecular complexity index is 1150. The summed E-state index contributed by atoms with van der Waals surface area (Å²) in [5.74, 6) is -1.84. The Hall–Kier alpha value is -3.33. The zero-order valence-electron chi connectivity index (χ0n) is 17.4. The molecule has 0 aromatic heterocycles. The molecule has 0 heterocycles. The van der Waals surface area contributed by atoms with Gasteiger partial charge >= 0.3 is 6.18 Å². The van der Waals surface area contributed by atoms with Crippen LogP contribution in [0.4, 0.5) is 28.9 Å². The summed E-state index contributed by atoms with van der Waals surface area (Å²) in [6.07, 6.45) is -4.24. The number of anilines is 2. The van der Waals surface area contributed by atoms with E-state index in [4.69, 9.17) is 0 Å². The van der Waals surface area contributed by atoms with Crippen LogP contribution in [0.3, 0.4) is 0 Å². The number of hydrogen-bond donors (Lipinski definition) is 2. The molecule has 2 N–H and O–H groups in total. The molecule has 172 valence electrons. The van der Waals surface area contributed by atoms with Gasteiger partial charge in [-0.05, 0) is 48.9 Å². The molecule has 0 aliphatic heterocycles. The maximum Gasteiger partial charge on any atom is 0.418 e. The predicted molar refractivity (Wildman–Crippen MR) is 121 cm³/mol. The Morgan fingerprint density at radius 1 is 0.939 bits per heavy atom. The van der Waals surface area contributed by atoms with Gasteiger partial charge in [0.05, 0.1) is 22.1 Å². The lowest BCUT2D eigenvalue weighted by Gasteiger charge is -2.18. The van der Waals surface area contributed by atoms with Crippen LogP contribution in [0, 0.1) is 5.82 Å². The van der Waals surface area contributed by atoms with Gasteiger partial charge in [0.2, 0.25) is 5.91 Å².